The Balaban J connectivity index is 1.68. The summed E-state index contributed by atoms with van der Waals surface area (Å²) in [7, 11) is 1.40. The molecule has 1 heterocycles. The quantitative estimate of drug-likeness (QED) is 0.470. The summed E-state index contributed by atoms with van der Waals surface area (Å²) in [6, 6.07) is 14.2. The maximum Gasteiger partial charge on any atom is 0.331 e. The first-order valence-corrected chi connectivity index (χ1v) is 8.78. The van der Waals surface area contributed by atoms with E-state index < -0.39 is 11.8 Å². The van der Waals surface area contributed by atoms with E-state index in [1.165, 1.54) is 25.3 Å². The van der Waals surface area contributed by atoms with Gasteiger partial charge in [-0.1, -0.05) is 24.3 Å². The zero-order chi connectivity index (χ0) is 20.1. The lowest BCUT2D eigenvalue weighted by atomic mass is 10.2. The molecule has 0 spiro atoms. The van der Waals surface area contributed by atoms with Crippen molar-refractivity contribution in [3.63, 3.8) is 0 Å². The molecule has 3 rings (SSSR count). The van der Waals surface area contributed by atoms with Crippen LogP contribution in [0.2, 0.25) is 0 Å². The molecule has 0 atom stereocenters. The number of esters is 1. The third kappa shape index (κ3) is 4.28. The van der Waals surface area contributed by atoms with E-state index >= 15 is 0 Å². The van der Waals surface area contributed by atoms with Gasteiger partial charge in [-0.15, -0.1) is 0 Å². The van der Waals surface area contributed by atoms with E-state index in [0.717, 1.165) is 22.6 Å². The summed E-state index contributed by atoms with van der Waals surface area (Å²) in [5, 5.41) is 4.54. The molecule has 0 bridgehead atoms. The van der Waals surface area contributed by atoms with Crippen molar-refractivity contribution in [1.29, 1.82) is 0 Å². The molecular formula is C22H21FN2O3. The van der Waals surface area contributed by atoms with Crippen LogP contribution in [0.1, 0.15) is 22.5 Å². The van der Waals surface area contributed by atoms with Crippen molar-refractivity contribution >= 4 is 12.0 Å². The van der Waals surface area contributed by atoms with E-state index in [0.29, 0.717) is 5.56 Å². The number of aromatic nitrogens is 2. The van der Waals surface area contributed by atoms with E-state index in [1.807, 2.05) is 48.9 Å². The van der Waals surface area contributed by atoms with Crippen LogP contribution in [0.5, 0.6) is 5.75 Å². The first-order chi connectivity index (χ1) is 13.5. The molecule has 144 valence electrons. The molecule has 5 nitrogen and oxygen atoms in total. The van der Waals surface area contributed by atoms with Gasteiger partial charge in [-0.2, -0.15) is 5.10 Å². The number of aryl methyl sites for hydroxylation is 1. The Bertz CT molecular complexity index is 1010. The van der Waals surface area contributed by atoms with Crippen molar-refractivity contribution in [1.82, 2.24) is 9.78 Å². The lowest BCUT2D eigenvalue weighted by Crippen LogP contribution is -2.01. The van der Waals surface area contributed by atoms with Crippen molar-refractivity contribution in [3.8, 4) is 11.4 Å². The van der Waals surface area contributed by atoms with Crippen LogP contribution in [0.3, 0.4) is 0 Å². The Hall–Kier alpha value is -3.41. The van der Waals surface area contributed by atoms with Crippen LogP contribution in [0.25, 0.3) is 11.8 Å². The number of nitrogens with zero attached hydrogens (tertiary/aromatic N) is 2. The third-order valence-corrected chi connectivity index (χ3v) is 4.33. The van der Waals surface area contributed by atoms with Crippen molar-refractivity contribution in [2.75, 3.05) is 7.11 Å². The minimum absolute atomic E-state index is 0.0225. The van der Waals surface area contributed by atoms with Crippen LogP contribution in [-0.4, -0.2) is 22.9 Å². The number of carbonyl (C=O) groups is 1. The number of hydrogen-bond acceptors (Lipinski definition) is 4. The van der Waals surface area contributed by atoms with Gasteiger partial charge < -0.3 is 9.47 Å². The number of ether oxygens (including phenoxy) is 2. The van der Waals surface area contributed by atoms with Gasteiger partial charge in [0.2, 0.25) is 0 Å². The highest BCUT2D eigenvalue weighted by atomic mass is 19.1. The van der Waals surface area contributed by atoms with E-state index in [2.05, 4.69) is 5.10 Å². The molecule has 0 saturated heterocycles. The third-order valence-electron chi connectivity index (χ3n) is 4.33. The molecule has 0 radical (unpaired) electrons. The number of hydrogen-bond donors (Lipinski definition) is 0. The van der Waals surface area contributed by atoms with Gasteiger partial charge in [0.05, 0.1) is 18.5 Å². The Morgan fingerprint density at radius 3 is 2.61 bits per heavy atom. The van der Waals surface area contributed by atoms with E-state index in [-0.39, 0.29) is 12.4 Å². The fourth-order valence-electron chi connectivity index (χ4n) is 2.87. The SMILES string of the molecule is COc1ccc(COC(=O)C=Cc2c(C)nn(-c3ccccc3)c2C)cc1F. The largest absolute Gasteiger partial charge is 0.494 e. The van der Waals surface area contributed by atoms with Crippen LogP contribution in [-0.2, 0) is 16.1 Å². The number of benzene rings is 2. The molecule has 0 fully saturated rings. The Morgan fingerprint density at radius 2 is 1.93 bits per heavy atom. The highest BCUT2D eigenvalue weighted by Crippen LogP contribution is 2.20. The Labute approximate surface area is 163 Å². The fraction of sp³-hybridized carbons (Fsp3) is 0.182. The summed E-state index contributed by atoms with van der Waals surface area (Å²) in [5.74, 6) is -0.856. The molecule has 28 heavy (non-hydrogen) atoms. The van der Waals surface area contributed by atoms with Crippen LogP contribution >= 0.6 is 0 Å². The van der Waals surface area contributed by atoms with Gasteiger partial charge >= 0.3 is 5.97 Å². The standard InChI is InChI=1S/C22H21FN2O3/c1-15-19(16(2)25(24-15)18-7-5-4-6-8-18)10-12-22(26)28-14-17-9-11-21(27-3)20(23)13-17/h4-13H,14H2,1-3H3. The second kappa shape index (κ2) is 8.52. The lowest BCUT2D eigenvalue weighted by molar-refractivity contribution is -0.138. The van der Waals surface area contributed by atoms with Crippen LogP contribution < -0.4 is 4.74 Å². The summed E-state index contributed by atoms with van der Waals surface area (Å²) < 4.78 is 25.6. The van der Waals surface area contributed by atoms with E-state index in [4.69, 9.17) is 9.47 Å². The van der Waals surface area contributed by atoms with Gasteiger partial charge in [0.15, 0.2) is 11.6 Å². The molecule has 0 saturated carbocycles. The molecule has 0 aliphatic rings. The maximum absolute atomic E-state index is 13.7. The first kappa shape index (κ1) is 19.4. The smallest absolute Gasteiger partial charge is 0.331 e. The van der Waals surface area contributed by atoms with Crippen molar-refractivity contribution < 1.29 is 18.7 Å². The Morgan fingerprint density at radius 1 is 1.18 bits per heavy atom. The second-order valence-corrected chi connectivity index (χ2v) is 6.24. The predicted octanol–water partition coefficient (Wildman–Crippen LogP) is 4.39. The average molecular weight is 380 g/mol. The highest BCUT2D eigenvalue weighted by Gasteiger charge is 2.11. The summed E-state index contributed by atoms with van der Waals surface area (Å²) in [5.41, 5.74) is 4.08. The molecule has 0 amide bonds. The summed E-state index contributed by atoms with van der Waals surface area (Å²) in [6.45, 7) is 3.81. The van der Waals surface area contributed by atoms with Crippen molar-refractivity contribution in [2.24, 2.45) is 0 Å². The molecule has 2 aromatic carbocycles. The van der Waals surface area contributed by atoms with Gasteiger partial charge in [-0.3, -0.25) is 0 Å². The van der Waals surface area contributed by atoms with E-state index in [9.17, 15) is 9.18 Å². The Kier molecular flexibility index (Phi) is 5.89. The molecule has 0 aliphatic heterocycles. The van der Waals surface area contributed by atoms with Gasteiger partial charge in [-0.05, 0) is 49.8 Å². The van der Waals surface area contributed by atoms with Gasteiger partial charge in [-0.25, -0.2) is 13.9 Å². The molecule has 6 heteroatoms. The topological polar surface area (TPSA) is 53.4 Å². The predicted molar refractivity (Wildman–Crippen MR) is 105 cm³/mol. The van der Waals surface area contributed by atoms with Crippen LogP contribution in [0.4, 0.5) is 4.39 Å². The maximum atomic E-state index is 13.7. The summed E-state index contributed by atoms with van der Waals surface area (Å²) >= 11 is 0. The molecular weight excluding hydrogens is 359 g/mol. The number of para-hydroxylation sites is 1. The number of methoxy groups -OCH3 is 1. The molecule has 0 unspecified atom stereocenters. The normalized spacial score (nSPS) is 11.0. The zero-order valence-corrected chi connectivity index (χ0v) is 16.0. The van der Waals surface area contributed by atoms with Crippen molar-refractivity contribution in [3.05, 3.63) is 82.9 Å². The van der Waals surface area contributed by atoms with Crippen LogP contribution in [0, 0.1) is 19.7 Å². The van der Waals surface area contributed by atoms with Gasteiger partial charge in [0.25, 0.3) is 0 Å². The first-order valence-electron chi connectivity index (χ1n) is 8.78. The molecule has 1 aromatic heterocycles. The lowest BCUT2D eigenvalue weighted by Gasteiger charge is -2.05. The fourth-order valence-corrected chi connectivity index (χ4v) is 2.87. The minimum Gasteiger partial charge on any atom is -0.494 e. The van der Waals surface area contributed by atoms with Gasteiger partial charge in [0, 0.05) is 17.3 Å². The average Bonchev–Trinajstić information content (AvgIpc) is 2.99. The summed E-state index contributed by atoms with van der Waals surface area (Å²) in [6.07, 6.45) is 3.04. The monoisotopic (exact) mass is 380 g/mol. The van der Waals surface area contributed by atoms with Crippen LogP contribution in [0.15, 0.2) is 54.6 Å². The van der Waals surface area contributed by atoms with Crippen molar-refractivity contribution in [2.45, 2.75) is 20.5 Å². The zero-order valence-electron chi connectivity index (χ0n) is 16.0. The second-order valence-electron chi connectivity index (χ2n) is 6.24. The number of carbonyl (C=O) groups excluding carboxylic acids is 1. The molecule has 3 aromatic rings. The molecule has 0 aliphatic carbocycles. The number of rotatable bonds is 6. The van der Waals surface area contributed by atoms with Gasteiger partial charge in [0.1, 0.15) is 6.61 Å². The molecule has 0 N–H and O–H groups in total. The van der Waals surface area contributed by atoms with E-state index in [1.54, 1.807) is 12.1 Å². The minimum atomic E-state index is -0.512. The number of halogens is 1. The highest BCUT2D eigenvalue weighted by molar-refractivity contribution is 5.87. The summed E-state index contributed by atoms with van der Waals surface area (Å²) in [4.78, 5) is 12.0.